The summed E-state index contributed by atoms with van der Waals surface area (Å²) in [5.41, 5.74) is 3.34. The van der Waals surface area contributed by atoms with Gasteiger partial charge in [0.05, 0.1) is 12.3 Å². The van der Waals surface area contributed by atoms with Crippen LogP contribution in [0, 0.1) is 5.92 Å². The third-order valence-electron chi connectivity index (χ3n) is 4.29. The first-order chi connectivity index (χ1) is 10.9. The molecule has 22 heavy (non-hydrogen) atoms. The number of nitrogens with zero attached hydrogens (tertiary/aromatic N) is 3. The molecule has 2 atom stereocenters. The molecule has 6 heteroatoms. The average Bonchev–Trinajstić information content (AvgIpc) is 3.28. The lowest BCUT2D eigenvalue weighted by molar-refractivity contribution is 0.0904. The van der Waals surface area contributed by atoms with Crippen molar-refractivity contribution in [3.63, 3.8) is 0 Å². The van der Waals surface area contributed by atoms with Gasteiger partial charge in [0.1, 0.15) is 5.65 Å². The van der Waals surface area contributed by atoms with Crippen LogP contribution in [0.2, 0.25) is 0 Å². The summed E-state index contributed by atoms with van der Waals surface area (Å²) in [6, 6.07) is 6.19. The van der Waals surface area contributed by atoms with E-state index in [1.807, 2.05) is 36.9 Å². The first-order valence-corrected chi connectivity index (χ1v) is 7.64. The molecule has 0 unspecified atom stereocenters. The first-order valence-electron chi connectivity index (χ1n) is 7.64. The molecular formula is C16H19N5O. The van der Waals surface area contributed by atoms with Gasteiger partial charge in [-0.2, -0.15) is 5.10 Å². The van der Waals surface area contributed by atoms with E-state index in [1.54, 1.807) is 0 Å². The minimum atomic E-state index is 0.148. The topological polar surface area (TPSA) is 67.2 Å². The van der Waals surface area contributed by atoms with E-state index in [0.717, 1.165) is 37.3 Å². The average molecular weight is 297 g/mol. The molecule has 4 heterocycles. The second-order valence-electron chi connectivity index (χ2n) is 5.68. The van der Waals surface area contributed by atoms with Crippen LogP contribution >= 0.6 is 0 Å². The summed E-state index contributed by atoms with van der Waals surface area (Å²) in [5.74, 6) is 0.486. The fourth-order valence-electron chi connectivity index (χ4n) is 3.16. The van der Waals surface area contributed by atoms with Crippen molar-refractivity contribution < 1.29 is 4.74 Å². The van der Waals surface area contributed by atoms with Crippen LogP contribution in [0.4, 0.5) is 0 Å². The second kappa shape index (κ2) is 5.90. The standard InChI is InChI=1S/C16H19N5O/c1-2-14(21-6-5-18-15(21)3-1)11-17-8-12-4-7-22-16(12)13-9-19-20-10-13/h1-3,5-6,9-10,12,16-17H,4,7-8,11H2,(H,19,20)/t12-,16+/m1/s1. The first kappa shape index (κ1) is 13.5. The van der Waals surface area contributed by atoms with Crippen LogP contribution in [0.15, 0.2) is 43.0 Å². The minimum Gasteiger partial charge on any atom is -0.373 e. The Hall–Kier alpha value is -2.18. The van der Waals surface area contributed by atoms with Gasteiger partial charge >= 0.3 is 0 Å². The molecule has 1 aliphatic rings. The normalized spacial score (nSPS) is 21.6. The number of aromatic amines is 1. The van der Waals surface area contributed by atoms with Gasteiger partial charge in [0.15, 0.2) is 0 Å². The molecule has 0 saturated carbocycles. The molecular weight excluding hydrogens is 278 g/mol. The van der Waals surface area contributed by atoms with Crippen molar-refractivity contribution >= 4 is 5.65 Å². The van der Waals surface area contributed by atoms with Gasteiger partial charge in [-0.3, -0.25) is 5.10 Å². The summed E-state index contributed by atoms with van der Waals surface area (Å²) in [4.78, 5) is 4.32. The van der Waals surface area contributed by atoms with E-state index in [2.05, 4.69) is 31.0 Å². The maximum absolute atomic E-state index is 5.86. The molecule has 2 N–H and O–H groups in total. The number of H-pyrrole nitrogens is 1. The molecule has 114 valence electrons. The largest absolute Gasteiger partial charge is 0.373 e. The van der Waals surface area contributed by atoms with Crippen molar-refractivity contribution in [2.45, 2.75) is 19.1 Å². The van der Waals surface area contributed by atoms with E-state index in [4.69, 9.17) is 4.74 Å². The fraction of sp³-hybridized carbons (Fsp3) is 0.375. The van der Waals surface area contributed by atoms with Crippen molar-refractivity contribution in [2.24, 2.45) is 5.92 Å². The van der Waals surface area contributed by atoms with Crippen molar-refractivity contribution in [1.29, 1.82) is 0 Å². The van der Waals surface area contributed by atoms with Crippen LogP contribution in [0.25, 0.3) is 5.65 Å². The number of rotatable bonds is 5. The number of pyridine rings is 1. The van der Waals surface area contributed by atoms with Crippen LogP contribution < -0.4 is 5.32 Å². The summed E-state index contributed by atoms with van der Waals surface area (Å²) >= 11 is 0. The molecule has 1 fully saturated rings. The lowest BCUT2D eigenvalue weighted by atomic mass is 9.97. The maximum atomic E-state index is 5.86. The van der Waals surface area contributed by atoms with Gasteiger partial charge in [0, 0.05) is 55.5 Å². The van der Waals surface area contributed by atoms with Gasteiger partial charge in [-0.15, -0.1) is 0 Å². The van der Waals surface area contributed by atoms with Gasteiger partial charge in [0.2, 0.25) is 0 Å². The molecule has 0 aromatic carbocycles. The summed E-state index contributed by atoms with van der Waals surface area (Å²) in [7, 11) is 0. The second-order valence-corrected chi connectivity index (χ2v) is 5.68. The molecule has 0 spiro atoms. The van der Waals surface area contributed by atoms with Gasteiger partial charge in [-0.1, -0.05) is 6.07 Å². The molecule has 1 aliphatic heterocycles. The number of aromatic nitrogens is 4. The van der Waals surface area contributed by atoms with Crippen LogP contribution in [0.5, 0.6) is 0 Å². The van der Waals surface area contributed by atoms with E-state index in [1.165, 1.54) is 5.69 Å². The van der Waals surface area contributed by atoms with Gasteiger partial charge in [-0.05, 0) is 18.6 Å². The Kier molecular flexibility index (Phi) is 3.62. The highest BCUT2D eigenvalue weighted by Crippen LogP contribution is 2.33. The zero-order valence-electron chi connectivity index (χ0n) is 12.3. The number of imidazole rings is 1. The van der Waals surface area contributed by atoms with E-state index < -0.39 is 0 Å². The number of nitrogens with one attached hydrogen (secondary N) is 2. The van der Waals surface area contributed by atoms with Crippen molar-refractivity contribution in [1.82, 2.24) is 24.9 Å². The van der Waals surface area contributed by atoms with Crippen molar-refractivity contribution in [3.05, 3.63) is 54.2 Å². The predicted octanol–water partition coefficient (Wildman–Crippen LogP) is 1.92. The quantitative estimate of drug-likeness (QED) is 0.755. The smallest absolute Gasteiger partial charge is 0.136 e. The summed E-state index contributed by atoms with van der Waals surface area (Å²) < 4.78 is 7.97. The Labute approximate surface area is 128 Å². The Bertz CT molecular complexity index is 736. The summed E-state index contributed by atoms with van der Waals surface area (Å²) in [6.45, 7) is 2.57. The molecule has 3 aromatic rings. The minimum absolute atomic E-state index is 0.148. The van der Waals surface area contributed by atoms with Gasteiger partial charge in [0.25, 0.3) is 0 Å². The highest BCUT2D eigenvalue weighted by atomic mass is 16.5. The third kappa shape index (κ3) is 2.51. The number of hydrogen-bond acceptors (Lipinski definition) is 4. The summed E-state index contributed by atoms with van der Waals surface area (Å²) in [5, 5.41) is 10.4. The molecule has 3 aromatic heterocycles. The molecule has 4 rings (SSSR count). The zero-order chi connectivity index (χ0) is 14.8. The van der Waals surface area contributed by atoms with Crippen LogP contribution in [0.1, 0.15) is 23.8 Å². The molecule has 6 nitrogen and oxygen atoms in total. The van der Waals surface area contributed by atoms with Crippen molar-refractivity contribution in [3.8, 4) is 0 Å². The van der Waals surface area contributed by atoms with E-state index in [-0.39, 0.29) is 6.10 Å². The van der Waals surface area contributed by atoms with E-state index in [0.29, 0.717) is 5.92 Å². The van der Waals surface area contributed by atoms with Crippen molar-refractivity contribution in [2.75, 3.05) is 13.2 Å². The molecule has 0 radical (unpaired) electrons. The zero-order valence-corrected chi connectivity index (χ0v) is 12.3. The molecule has 0 aliphatic carbocycles. The van der Waals surface area contributed by atoms with Crippen LogP contribution in [-0.2, 0) is 11.3 Å². The van der Waals surface area contributed by atoms with Gasteiger partial charge < -0.3 is 14.5 Å². The summed E-state index contributed by atoms with van der Waals surface area (Å²) in [6.07, 6.45) is 8.84. The lowest BCUT2D eigenvalue weighted by Gasteiger charge is -2.18. The number of hydrogen-bond donors (Lipinski definition) is 2. The Morgan fingerprint density at radius 2 is 2.41 bits per heavy atom. The van der Waals surface area contributed by atoms with Crippen LogP contribution in [-0.4, -0.2) is 32.7 Å². The molecule has 1 saturated heterocycles. The predicted molar refractivity (Wildman–Crippen MR) is 82.3 cm³/mol. The van der Waals surface area contributed by atoms with Crippen LogP contribution in [0.3, 0.4) is 0 Å². The Morgan fingerprint density at radius 3 is 3.32 bits per heavy atom. The number of ether oxygens (including phenoxy) is 1. The third-order valence-corrected chi connectivity index (χ3v) is 4.29. The molecule has 0 bridgehead atoms. The lowest BCUT2D eigenvalue weighted by Crippen LogP contribution is -2.25. The fourth-order valence-corrected chi connectivity index (χ4v) is 3.16. The van der Waals surface area contributed by atoms with Gasteiger partial charge in [-0.25, -0.2) is 4.98 Å². The maximum Gasteiger partial charge on any atom is 0.136 e. The molecule has 0 amide bonds. The van der Waals surface area contributed by atoms with E-state index >= 15 is 0 Å². The Morgan fingerprint density at radius 1 is 1.41 bits per heavy atom. The highest BCUT2D eigenvalue weighted by Gasteiger charge is 2.29. The van der Waals surface area contributed by atoms with E-state index in [9.17, 15) is 0 Å². The number of fused-ring (bicyclic) bond motifs is 1. The Balaban J connectivity index is 1.39. The monoisotopic (exact) mass is 297 g/mol. The SMILES string of the molecule is c1cc(CNC[C@H]2CCO[C@@H]2c2cn[nH]c2)n2ccnc2c1. The highest BCUT2D eigenvalue weighted by molar-refractivity contribution is 5.39.